The van der Waals surface area contributed by atoms with Crippen LogP contribution in [0.2, 0.25) is 0 Å². The Morgan fingerprint density at radius 1 is 1.19 bits per heavy atom. The highest BCUT2D eigenvalue weighted by atomic mass is 79.9. The van der Waals surface area contributed by atoms with Crippen molar-refractivity contribution in [2.24, 2.45) is 0 Å². The van der Waals surface area contributed by atoms with Crippen LogP contribution in [0.25, 0.3) is 0 Å². The fraction of sp³-hybridized carbons (Fsp3) is 0.300. The van der Waals surface area contributed by atoms with Gasteiger partial charge in [-0.2, -0.15) is 9.97 Å². The number of hydrogen-bond acceptors (Lipinski definition) is 8. The molecule has 2 aromatic rings. The smallest absolute Gasteiger partial charge is 0.322 e. The van der Waals surface area contributed by atoms with E-state index in [4.69, 9.17) is 9.47 Å². The summed E-state index contributed by atoms with van der Waals surface area (Å²) >= 11 is 4.33. The predicted octanol–water partition coefficient (Wildman–Crippen LogP) is 1.19. The maximum absolute atomic E-state index is 12.1. The zero-order chi connectivity index (χ0) is 15.5. The Balaban J connectivity index is 2.16. The Hall–Kier alpha value is -1.30. The third-order valence-electron chi connectivity index (χ3n) is 2.24. The van der Waals surface area contributed by atoms with Crippen LogP contribution in [0.1, 0.15) is 5.82 Å². The molecule has 0 radical (unpaired) electrons. The number of halogens is 1. The summed E-state index contributed by atoms with van der Waals surface area (Å²) in [6.45, 7) is -0.104. The van der Waals surface area contributed by atoms with Gasteiger partial charge in [-0.15, -0.1) is 16.3 Å². The Kier molecular flexibility index (Phi) is 5.08. The number of hydrogen-bond donors (Lipinski definition) is 1. The van der Waals surface area contributed by atoms with Gasteiger partial charge in [-0.1, -0.05) is 0 Å². The molecule has 0 aromatic carbocycles. The summed E-state index contributed by atoms with van der Waals surface area (Å²) in [7, 11) is -0.831. The van der Waals surface area contributed by atoms with Crippen LogP contribution < -0.4 is 14.2 Å². The third kappa shape index (κ3) is 4.09. The maximum Gasteiger partial charge on any atom is 0.322 e. The molecule has 0 spiro atoms. The Bertz CT molecular complexity index is 712. The molecule has 0 aliphatic rings. The summed E-state index contributed by atoms with van der Waals surface area (Å²) in [6.07, 6.45) is 0. The number of sulfonamides is 1. The minimum Gasteiger partial charge on any atom is -0.467 e. The van der Waals surface area contributed by atoms with Gasteiger partial charge in [-0.25, -0.2) is 13.1 Å². The number of nitrogens with one attached hydrogen (secondary N) is 1. The molecule has 0 fully saturated rings. The van der Waals surface area contributed by atoms with Crippen LogP contribution in [0.5, 0.6) is 12.0 Å². The fourth-order valence-electron chi connectivity index (χ4n) is 1.31. The van der Waals surface area contributed by atoms with Gasteiger partial charge in [0.05, 0.1) is 24.6 Å². The van der Waals surface area contributed by atoms with Crippen molar-refractivity contribution in [2.75, 3.05) is 14.2 Å². The van der Waals surface area contributed by atoms with E-state index < -0.39 is 10.0 Å². The van der Waals surface area contributed by atoms with E-state index in [-0.39, 0.29) is 28.6 Å². The summed E-state index contributed by atoms with van der Waals surface area (Å²) in [5.74, 6) is 0.192. The molecule has 8 nitrogen and oxygen atoms in total. The highest BCUT2D eigenvalue weighted by Gasteiger charge is 2.17. The molecule has 0 saturated heterocycles. The van der Waals surface area contributed by atoms with Gasteiger partial charge >= 0.3 is 12.0 Å². The SMILES string of the molecule is COc1nc(CNS(=O)(=O)c2ccc(Br)s2)nc(OC)n1. The second-order valence-electron chi connectivity index (χ2n) is 3.61. The van der Waals surface area contributed by atoms with Gasteiger partial charge in [-0.3, -0.25) is 0 Å². The van der Waals surface area contributed by atoms with E-state index in [0.717, 1.165) is 15.1 Å². The van der Waals surface area contributed by atoms with Crippen molar-refractivity contribution in [1.29, 1.82) is 0 Å². The van der Waals surface area contributed by atoms with E-state index in [9.17, 15) is 8.42 Å². The van der Waals surface area contributed by atoms with Crippen LogP contribution in [-0.2, 0) is 16.6 Å². The molecule has 0 aliphatic carbocycles. The first kappa shape index (κ1) is 16.1. The highest BCUT2D eigenvalue weighted by Crippen LogP contribution is 2.25. The lowest BCUT2D eigenvalue weighted by atomic mass is 10.6. The fourth-order valence-corrected chi connectivity index (χ4v) is 4.35. The Morgan fingerprint density at radius 3 is 2.29 bits per heavy atom. The van der Waals surface area contributed by atoms with E-state index in [2.05, 4.69) is 35.6 Å². The zero-order valence-corrected chi connectivity index (χ0v) is 14.2. The van der Waals surface area contributed by atoms with Gasteiger partial charge < -0.3 is 9.47 Å². The first-order chi connectivity index (χ1) is 9.94. The summed E-state index contributed by atoms with van der Waals surface area (Å²) in [6, 6.07) is 3.27. The van der Waals surface area contributed by atoms with Crippen molar-refractivity contribution in [3.8, 4) is 12.0 Å². The van der Waals surface area contributed by atoms with Crippen molar-refractivity contribution in [2.45, 2.75) is 10.8 Å². The normalized spacial score (nSPS) is 11.4. The molecule has 2 heterocycles. The molecule has 0 unspecified atom stereocenters. The lowest BCUT2D eigenvalue weighted by Gasteiger charge is -2.06. The topological polar surface area (TPSA) is 103 Å². The quantitative estimate of drug-likeness (QED) is 0.784. The summed E-state index contributed by atoms with van der Waals surface area (Å²) < 4.78 is 37.3. The average Bonchev–Trinajstić information content (AvgIpc) is 2.92. The second-order valence-corrected chi connectivity index (χ2v) is 8.06. The molecular formula is C10H11BrN4O4S2. The van der Waals surface area contributed by atoms with Crippen LogP contribution in [0.3, 0.4) is 0 Å². The molecule has 0 amide bonds. The largest absolute Gasteiger partial charge is 0.467 e. The van der Waals surface area contributed by atoms with Crippen molar-refractivity contribution >= 4 is 37.3 Å². The number of methoxy groups -OCH3 is 2. The molecular weight excluding hydrogens is 384 g/mol. The van der Waals surface area contributed by atoms with Gasteiger partial charge in [0.25, 0.3) is 0 Å². The zero-order valence-electron chi connectivity index (χ0n) is 11.0. The molecule has 0 aliphatic heterocycles. The van der Waals surface area contributed by atoms with Gasteiger partial charge in [-0.05, 0) is 28.1 Å². The standard InChI is InChI=1S/C10H11BrN4O4S2/c1-18-9-13-7(14-10(15-9)19-2)5-12-21(16,17)8-4-3-6(11)20-8/h3-4,12H,5H2,1-2H3. The van der Waals surface area contributed by atoms with E-state index in [1.54, 1.807) is 6.07 Å². The predicted molar refractivity (Wildman–Crippen MR) is 79.0 cm³/mol. The van der Waals surface area contributed by atoms with Crippen LogP contribution in [0, 0.1) is 0 Å². The first-order valence-corrected chi connectivity index (χ1v) is 8.62. The number of aromatic nitrogens is 3. The van der Waals surface area contributed by atoms with Crippen LogP contribution >= 0.6 is 27.3 Å². The van der Waals surface area contributed by atoms with E-state index in [0.29, 0.717) is 0 Å². The minimum atomic E-state index is -3.62. The van der Waals surface area contributed by atoms with Gasteiger partial charge in [0.2, 0.25) is 10.0 Å². The van der Waals surface area contributed by atoms with Crippen molar-refractivity contribution in [3.63, 3.8) is 0 Å². The third-order valence-corrected chi connectivity index (χ3v) is 5.76. The average molecular weight is 395 g/mol. The lowest BCUT2D eigenvalue weighted by Crippen LogP contribution is -2.24. The Labute approximate surface area is 133 Å². The van der Waals surface area contributed by atoms with E-state index in [1.165, 1.54) is 20.3 Å². The summed E-state index contributed by atoms with van der Waals surface area (Å²) in [5.41, 5.74) is 0. The number of rotatable bonds is 6. The van der Waals surface area contributed by atoms with Crippen LogP contribution in [-0.4, -0.2) is 37.6 Å². The van der Waals surface area contributed by atoms with Crippen LogP contribution in [0.4, 0.5) is 0 Å². The van der Waals surface area contributed by atoms with Crippen molar-refractivity contribution in [3.05, 3.63) is 21.7 Å². The summed E-state index contributed by atoms with van der Waals surface area (Å²) in [4.78, 5) is 11.7. The molecule has 114 valence electrons. The molecule has 2 aromatic heterocycles. The molecule has 1 N–H and O–H groups in total. The van der Waals surface area contributed by atoms with Crippen molar-refractivity contribution < 1.29 is 17.9 Å². The van der Waals surface area contributed by atoms with Gasteiger partial charge in [0.15, 0.2) is 5.82 Å². The number of thiophene rings is 1. The molecule has 0 saturated carbocycles. The lowest BCUT2D eigenvalue weighted by molar-refractivity contribution is 0.336. The number of nitrogens with zero attached hydrogens (tertiary/aromatic N) is 3. The molecule has 0 bridgehead atoms. The second kappa shape index (κ2) is 6.64. The molecule has 2 rings (SSSR count). The molecule has 11 heteroatoms. The monoisotopic (exact) mass is 394 g/mol. The minimum absolute atomic E-state index is 0.0508. The maximum atomic E-state index is 12.1. The molecule has 21 heavy (non-hydrogen) atoms. The Morgan fingerprint density at radius 2 is 1.81 bits per heavy atom. The van der Waals surface area contributed by atoms with E-state index in [1.807, 2.05) is 0 Å². The van der Waals surface area contributed by atoms with Gasteiger partial charge in [0.1, 0.15) is 4.21 Å². The number of ether oxygens (including phenoxy) is 2. The highest BCUT2D eigenvalue weighted by molar-refractivity contribution is 9.11. The first-order valence-electron chi connectivity index (χ1n) is 5.52. The van der Waals surface area contributed by atoms with Gasteiger partial charge in [0, 0.05) is 0 Å². The van der Waals surface area contributed by atoms with Crippen molar-refractivity contribution in [1.82, 2.24) is 19.7 Å². The molecule has 0 atom stereocenters. The van der Waals surface area contributed by atoms with Crippen LogP contribution in [0.15, 0.2) is 20.1 Å². The van der Waals surface area contributed by atoms with E-state index >= 15 is 0 Å². The summed E-state index contributed by atoms with van der Waals surface area (Å²) in [5, 5.41) is 0.